The summed E-state index contributed by atoms with van der Waals surface area (Å²) in [4.78, 5) is 37.9. The highest BCUT2D eigenvalue weighted by atomic mass is 16.5. The van der Waals surface area contributed by atoms with Gasteiger partial charge in [-0.3, -0.25) is 14.4 Å². The van der Waals surface area contributed by atoms with E-state index in [1.807, 2.05) is 12.1 Å². The highest BCUT2D eigenvalue weighted by Crippen LogP contribution is 2.20. The highest BCUT2D eigenvalue weighted by molar-refractivity contribution is 6.04. The van der Waals surface area contributed by atoms with Crippen molar-refractivity contribution in [1.82, 2.24) is 5.32 Å². The van der Waals surface area contributed by atoms with Crippen LogP contribution in [0.25, 0.3) is 0 Å². The molecule has 0 bridgehead atoms. The van der Waals surface area contributed by atoms with Crippen LogP contribution >= 0.6 is 0 Å². The fraction of sp³-hybridized carbons (Fsp3) is 0.571. The summed E-state index contributed by atoms with van der Waals surface area (Å²) in [5, 5.41) is 5.97. The average molecular weight is 388 g/mol. The van der Waals surface area contributed by atoms with Crippen molar-refractivity contribution in [2.45, 2.75) is 44.6 Å². The van der Waals surface area contributed by atoms with Crippen LogP contribution in [-0.2, 0) is 14.3 Å². The van der Waals surface area contributed by atoms with Gasteiger partial charge in [0.2, 0.25) is 0 Å². The maximum atomic E-state index is 12.6. The molecule has 0 aromatic heterocycles. The third-order valence-corrected chi connectivity index (χ3v) is 5.77. The monoisotopic (exact) mass is 388 g/mol. The molecule has 1 aromatic carbocycles. The number of anilines is 1. The highest BCUT2D eigenvalue weighted by Gasteiger charge is 2.29. The van der Waals surface area contributed by atoms with E-state index < -0.39 is 0 Å². The van der Waals surface area contributed by atoms with E-state index in [1.54, 1.807) is 12.1 Å². The zero-order valence-corrected chi connectivity index (χ0v) is 16.5. The van der Waals surface area contributed by atoms with E-state index in [-0.39, 0.29) is 29.7 Å². The molecule has 0 unspecified atom stereocenters. The fourth-order valence-electron chi connectivity index (χ4n) is 4.15. The molecule has 0 radical (unpaired) electrons. The van der Waals surface area contributed by atoms with Crippen molar-refractivity contribution in [1.29, 1.82) is 0 Å². The van der Waals surface area contributed by atoms with E-state index in [0.717, 1.165) is 56.5 Å². The summed E-state index contributed by atoms with van der Waals surface area (Å²) in [5.41, 5.74) is 1.05. The van der Waals surface area contributed by atoms with Crippen LogP contribution in [0.5, 0.6) is 0 Å². The number of hydrogen-bond donors (Lipinski definition) is 3. The van der Waals surface area contributed by atoms with Gasteiger partial charge in [-0.15, -0.1) is 0 Å². The van der Waals surface area contributed by atoms with Gasteiger partial charge in [0.05, 0.1) is 37.4 Å². The molecule has 2 fully saturated rings. The fourth-order valence-corrected chi connectivity index (χ4v) is 4.15. The van der Waals surface area contributed by atoms with E-state index in [9.17, 15) is 14.4 Å². The molecule has 152 valence electrons. The number of esters is 1. The Hall–Kier alpha value is -2.41. The van der Waals surface area contributed by atoms with Crippen molar-refractivity contribution in [3.63, 3.8) is 0 Å². The summed E-state index contributed by atoms with van der Waals surface area (Å²) < 4.78 is 4.80. The van der Waals surface area contributed by atoms with E-state index in [4.69, 9.17) is 4.74 Å². The first-order chi connectivity index (χ1) is 13.6. The van der Waals surface area contributed by atoms with Gasteiger partial charge in [0.1, 0.15) is 0 Å². The summed E-state index contributed by atoms with van der Waals surface area (Å²) in [6, 6.07) is 7.37. The lowest BCUT2D eigenvalue weighted by Gasteiger charge is -2.27. The predicted octanol–water partition coefficient (Wildman–Crippen LogP) is 0.765. The number of rotatable bonds is 6. The molecule has 3 rings (SSSR count). The molecule has 0 atom stereocenters. The molecule has 2 aliphatic rings. The van der Waals surface area contributed by atoms with Crippen LogP contribution in [0.3, 0.4) is 0 Å². The molecule has 7 nitrogen and oxygen atoms in total. The van der Waals surface area contributed by atoms with Gasteiger partial charge >= 0.3 is 5.97 Å². The van der Waals surface area contributed by atoms with Crippen molar-refractivity contribution >= 4 is 23.5 Å². The second-order valence-electron chi connectivity index (χ2n) is 7.77. The van der Waals surface area contributed by atoms with Crippen LogP contribution < -0.4 is 15.5 Å². The van der Waals surface area contributed by atoms with E-state index >= 15 is 0 Å². The SMILES string of the molecule is COC(=O)C1CC[NH+](CC(=O)Nc2ccccc2C(=O)NC2CCCC2)CC1. The number of methoxy groups -OCH3 is 1. The average Bonchev–Trinajstić information content (AvgIpc) is 3.21. The number of para-hydroxylation sites is 1. The zero-order chi connectivity index (χ0) is 19.9. The van der Waals surface area contributed by atoms with Crippen molar-refractivity contribution in [2.24, 2.45) is 5.92 Å². The van der Waals surface area contributed by atoms with Crippen LogP contribution in [0.15, 0.2) is 24.3 Å². The maximum Gasteiger partial charge on any atom is 0.309 e. The molecule has 0 spiro atoms. The lowest BCUT2D eigenvalue weighted by Crippen LogP contribution is -3.14. The molecule has 1 aliphatic heterocycles. The van der Waals surface area contributed by atoms with E-state index in [0.29, 0.717) is 17.8 Å². The standard InChI is InChI=1S/C21H29N3O4/c1-28-21(27)15-10-12-24(13-11-15)14-19(25)23-18-9-5-4-8-17(18)20(26)22-16-6-2-3-7-16/h4-5,8-9,15-16H,2-3,6-7,10-14H2,1H3,(H,22,26)(H,23,25)/p+1. The molecule has 1 saturated heterocycles. The number of nitrogens with one attached hydrogen (secondary N) is 3. The summed E-state index contributed by atoms with van der Waals surface area (Å²) in [6.07, 6.45) is 5.80. The van der Waals surface area contributed by atoms with Crippen LogP contribution in [0.1, 0.15) is 48.9 Å². The van der Waals surface area contributed by atoms with Gasteiger partial charge < -0.3 is 20.3 Å². The van der Waals surface area contributed by atoms with Crippen LogP contribution in [0.4, 0.5) is 5.69 Å². The number of amides is 2. The van der Waals surface area contributed by atoms with Gasteiger partial charge in [-0.1, -0.05) is 25.0 Å². The number of likely N-dealkylation sites (tertiary alicyclic amines) is 1. The first kappa shape index (κ1) is 20.3. The Kier molecular flexibility index (Phi) is 7.03. The number of hydrogen-bond acceptors (Lipinski definition) is 4. The Morgan fingerprint density at radius 2 is 1.75 bits per heavy atom. The first-order valence-corrected chi connectivity index (χ1v) is 10.2. The van der Waals surface area contributed by atoms with Crippen LogP contribution in [0.2, 0.25) is 0 Å². The third-order valence-electron chi connectivity index (χ3n) is 5.77. The van der Waals surface area contributed by atoms with Gasteiger partial charge in [0.25, 0.3) is 11.8 Å². The Morgan fingerprint density at radius 3 is 2.43 bits per heavy atom. The number of carbonyl (C=O) groups excluding carboxylic acids is 3. The Bertz CT molecular complexity index is 707. The van der Waals surface area contributed by atoms with Crippen molar-refractivity contribution < 1.29 is 24.0 Å². The summed E-state index contributed by atoms with van der Waals surface area (Å²) >= 11 is 0. The normalized spacial score (nSPS) is 22.5. The van der Waals surface area contributed by atoms with Gasteiger partial charge in [-0.25, -0.2) is 0 Å². The van der Waals surface area contributed by atoms with E-state index in [1.165, 1.54) is 7.11 Å². The number of ether oxygens (including phenoxy) is 1. The number of piperidine rings is 1. The van der Waals surface area contributed by atoms with Gasteiger partial charge in [-0.05, 0) is 25.0 Å². The molecule has 1 saturated carbocycles. The minimum atomic E-state index is -0.161. The third kappa shape index (κ3) is 5.32. The van der Waals surface area contributed by atoms with Crippen LogP contribution in [0, 0.1) is 5.92 Å². The minimum Gasteiger partial charge on any atom is -0.469 e. The molecule has 1 aliphatic carbocycles. The molecule has 3 N–H and O–H groups in total. The lowest BCUT2D eigenvalue weighted by atomic mass is 9.97. The molecule has 7 heteroatoms. The molecule has 28 heavy (non-hydrogen) atoms. The Morgan fingerprint density at radius 1 is 1.07 bits per heavy atom. The zero-order valence-electron chi connectivity index (χ0n) is 16.5. The molecular formula is C21H30N3O4+. The van der Waals surface area contributed by atoms with Gasteiger partial charge in [0, 0.05) is 18.9 Å². The largest absolute Gasteiger partial charge is 0.469 e. The second kappa shape index (κ2) is 9.68. The molecular weight excluding hydrogens is 358 g/mol. The summed E-state index contributed by atoms with van der Waals surface area (Å²) in [5.74, 6) is -0.468. The second-order valence-corrected chi connectivity index (χ2v) is 7.77. The first-order valence-electron chi connectivity index (χ1n) is 10.2. The number of quaternary nitrogens is 1. The van der Waals surface area contributed by atoms with Gasteiger partial charge in [0.15, 0.2) is 6.54 Å². The maximum absolute atomic E-state index is 12.6. The predicted molar refractivity (Wildman–Crippen MR) is 105 cm³/mol. The molecule has 2 amide bonds. The number of benzene rings is 1. The smallest absolute Gasteiger partial charge is 0.309 e. The molecule has 1 aromatic rings. The van der Waals surface area contributed by atoms with Crippen molar-refractivity contribution in [3.8, 4) is 0 Å². The Labute approximate surface area is 165 Å². The van der Waals surface area contributed by atoms with Gasteiger partial charge in [-0.2, -0.15) is 0 Å². The minimum absolute atomic E-state index is 0.0585. The topological polar surface area (TPSA) is 88.9 Å². The van der Waals surface area contributed by atoms with Crippen molar-refractivity contribution in [2.75, 3.05) is 32.1 Å². The number of carbonyl (C=O) groups is 3. The van der Waals surface area contributed by atoms with E-state index in [2.05, 4.69) is 10.6 Å². The Balaban J connectivity index is 1.53. The lowest BCUT2D eigenvalue weighted by molar-refractivity contribution is -0.897. The quantitative estimate of drug-likeness (QED) is 0.628. The summed E-state index contributed by atoms with van der Waals surface area (Å²) in [7, 11) is 1.41. The van der Waals surface area contributed by atoms with Crippen LogP contribution in [-0.4, -0.2) is 50.6 Å². The summed E-state index contributed by atoms with van der Waals surface area (Å²) in [6.45, 7) is 1.85. The molecule has 1 heterocycles. The van der Waals surface area contributed by atoms with Crippen molar-refractivity contribution in [3.05, 3.63) is 29.8 Å².